The number of nitrogens with zero attached hydrogens (tertiary/aromatic N) is 2. The molecule has 2 aromatic rings. The Morgan fingerprint density at radius 2 is 2.18 bits per heavy atom. The van der Waals surface area contributed by atoms with Crippen LogP contribution < -0.4 is 16.2 Å². The first-order valence-electron chi connectivity index (χ1n) is 6.80. The number of carbonyl (C=O) groups is 1. The third kappa shape index (κ3) is 3.03. The molecule has 8 heteroatoms. The fourth-order valence-electron chi connectivity index (χ4n) is 2.28. The van der Waals surface area contributed by atoms with E-state index in [1.807, 2.05) is 6.92 Å². The van der Waals surface area contributed by atoms with Gasteiger partial charge in [0.15, 0.2) is 0 Å². The van der Waals surface area contributed by atoms with Gasteiger partial charge in [-0.15, -0.1) is 0 Å². The van der Waals surface area contributed by atoms with Crippen molar-refractivity contribution in [1.29, 1.82) is 0 Å². The molecule has 22 heavy (non-hydrogen) atoms. The van der Waals surface area contributed by atoms with Gasteiger partial charge in [0.25, 0.3) is 0 Å². The minimum absolute atomic E-state index is 0.00999. The van der Waals surface area contributed by atoms with Gasteiger partial charge in [-0.05, 0) is 31.2 Å². The standard InChI is InChI=1S/C14H15BrFN5O/c1-8-6-12(18-14(22)13-11(15)7-17-19-13)21(20-8)10-4-2-9(16)3-5-10/h2-6,11,13,17,19H,7H2,1H3,(H,18,22). The summed E-state index contributed by atoms with van der Waals surface area (Å²) in [7, 11) is 0. The van der Waals surface area contributed by atoms with E-state index in [4.69, 9.17) is 0 Å². The highest BCUT2D eigenvalue weighted by Crippen LogP contribution is 2.19. The van der Waals surface area contributed by atoms with Crippen molar-refractivity contribution in [3.63, 3.8) is 0 Å². The zero-order chi connectivity index (χ0) is 15.7. The normalized spacial score (nSPS) is 21.0. The van der Waals surface area contributed by atoms with E-state index >= 15 is 0 Å². The molecule has 1 aromatic carbocycles. The van der Waals surface area contributed by atoms with Crippen LogP contribution in [0.5, 0.6) is 0 Å². The molecule has 0 radical (unpaired) electrons. The number of hydrogen-bond acceptors (Lipinski definition) is 4. The van der Waals surface area contributed by atoms with Crippen molar-refractivity contribution in [1.82, 2.24) is 20.6 Å². The van der Waals surface area contributed by atoms with Gasteiger partial charge < -0.3 is 5.32 Å². The molecule has 0 spiro atoms. The van der Waals surface area contributed by atoms with E-state index in [2.05, 4.69) is 37.2 Å². The van der Waals surface area contributed by atoms with Crippen molar-refractivity contribution in [2.24, 2.45) is 0 Å². The van der Waals surface area contributed by atoms with E-state index in [1.54, 1.807) is 22.9 Å². The minimum Gasteiger partial charge on any atom is -0.309 e. The first kappa shape index (κ1) is 15.1. The third-order valence-electron chi connectivity index (χ3n) is 3.35. The Balaban J connectivity index is 1.85. The van der Waals surface area contributed by atoms with Crippen molar-refractivity contribution in [3.05, 3.63) is 41.8 Å². The van der Waals surface area contributed by atoms with Crippen LogP contribution in [0.1, 0.15) is 5.69 Å². The summed E-state index contributed by atoms with van der Waals surface area (Å²) in [5.41, 5.74) is 7.27. The summed E-state index contributed by atoms with van der Waals surface area (Å²) in [4.78, 5) is 12.3. The fourth-order valence-corrected chi connectivity index (χ4v) is 2.81. The highest BCUT2D eigenvalue weighted by Gasteiger charge is 2.31. The van der Waals surface area contributed by atoms with Crippen LogP contribution in [0.4, 0.5) is 10.2 Å². The maximum atomic E-state index is 13.0. The van der Waals surface area contributed by atoms with Crippen LogP contribution in [-0.2, 0) is 4.79 Å². The molecule has 1 aromatic heterocycles. The summed E-state index contributed by atoms with van der Waals surface area (Å²) < 4.78 is 14.6. The van der Waals surface area contributed by atoms with E-state index in [-0.39, 0.29) is 22.6 Å². The van der Waals surface area contributed by atoms with Crippen molar-refractivity contribution >= 4 is 27.7 Å². The predicted octanol–water partition coefficient (Wildman–Crippen LogP) is 1.50. The monoisotopic (exact) mass is 367 g/mol. The van der Waals surface area contributed by atoms with E-state index in [0.29, 0.717) is 18.1 Å². The Bertz CT molecular complexity index is 687. The second-order valence-electron chi connectivity index (χ2n) is 5.07. The smallest absolute Gasteiger partial charge is 0.245 e. The molecule has 2 atom stereocenters. The number of carbonyl (C=O) groups excluding carboxylic acids is 1. The number of benzene rings is 1. The average molecular weight is 368 g/mol. The van der Waals surface area contributed by atoms with E-state index in [1.165, 1.54) is 12.1 Å². The molecule has 0 saturated carbocycles. The highest BCUT2D eigenvalue weighted by atomic mass is 79.9. The van der Waals surface area contributed by atoms with E-state index in [9.17, 15) is 9.18 Å². The van der Waals surface area contributed by atoms with Gasteiger partial charge in [0.1, 0.15) is 17.7 Å². The number of anilines is 1. The lowest BCUT2D eigenvalue weighted by Crippen LogP contribution is -2.42. The topological polar surface area (TPSA) is 71.0 Å². The van der Waals surface area contributed by atoms with Crippen LogP contribution in [0.25, 0.3) is 5.69 Å². The van der Waals surface area contributed by atoms with Crippen LogP contribution in [-0.4, -0.2) is 33.1 Å². The predicted molar refractivity (Wildman–Crippen MR) is 84.5 cm³/mol. The molecule has 1 fully saturated rings. The lowest BCUT2D eigenvalue weighted by Gasteiger charge is -2.14. The van der Waals surface area contributed by atoms with Crippen LogP contribution in [0.2, 0.25) is 0 Å². The molecule has 3 N–H and O–H groups in total. The van der Waals surface area contributed by atoms with E-state index in [0.717, 1.165) is 5.69 Å². The van der Waals surface area contributed by atoms with E-state index < -0.39 is 0 Å². The molecule has 2 heterocycles. The van der Waals surface area contributed by atoms with Crippen molar-refractivity contribution in [3.8, 4) is 5.69 Å². The van der Waals surface area contributed by atoms with Gasteiger partial charge in [0.2, 0.25) is 5.91 Å². The molecule has 1 amide bonds. The summed E-state index contributed by atoms with van der Waals surface area (Å²) in [6.45, 7) is 2.49. The van der Waals surface area contributed by atoms with Gasteiger partial charge in [-0.3, -0.25) is 10.2 Å². The zero-order valence-electron chi connectivity index (χ0n) is 11.8. The van der Waals surface area contributed by atoms with Gasteiger partial charge in [-0.25, -0.2) is 14.5 Å². The molecule has 2 unspecified atom stereocenters. The molecule has 1 aliphatic rings. The molecular formula is C14H15BrFN5O. The second kappa shape index (κ2) is 6.15. The Morgan fingerprint density at radius 1 is 1.45 bits per heavy atom. The SMILES string of the molecule is Cc1cc(NC(=O)C2NNCC2Br)n(-c2ccc(F)cc2)n1. The summed E-state index contributed by atoms with van der Waals surface area (Å²) in [5.74, 6) is 0.0548. The maximum Gasteiger partial charge on any atom is 0.245 e. The number of amides is 1. The van der Waals surface area contributed by atoms with Gasteiger partial charge in [-0.2, -0.15) is 5.10 Å². The minimum atomic E-state index is -0.378. The summed E-state index contributed by atoms with van der Waals surface area (Å²) in [6, 6.07) is 7.33. The van der Waals surface area contributed by atoms with Gasteiger partial charge >= 0.3 is 0 Å². The number of aryl methyl sites for hydroxylation is 1. The van der Waals surface area contributed by atoms with Gasteiger partial charge in [-0.1, -0.05) is 15.9 Å². The number of hydrogen-bond donors (Lipinski definition) is 3. The van der Waals surface area contributed by atoms with Gasteiger partial charge in [0, 0.05) is 12.6 Å². The van der Waals surface area contributed by atoms with Crippen molar-refractivity contribution in [2.45, 2.75) is 17.8 Å². The van der Waals surface area contributed by atoms with Crippen LogP contribution >= 0.6 is 15.9 Å². The molecule has 3 rings (SSSR count). The zero-order valence-corrected chi connectivity index (χ0v) is 13.4. The number of hydrazine groups is 1. The van der Waals surface area contributed by atoms with Crippen LogP contribution in [0.15, 0.2) is 30.3 Å². The first-order chi connectivity index (χ1) is 10.5. The molecule has 1 saturated heterocycles. The van der Waals surface area contributed by atoms with Crippen LogP contribution in [0, 0.1) is 12.7 Å². The molecule has 0 aliphatic carbocycles. The van der Waals surface area contributed by atoms with Crippen LogP contribution in [0.3, 0.4) is 0 Å². The molecule has 6 nitrogen and oxygen atoms in total. The highest BCUT2D eigenvalue weighted by molar-refractivity contribution is 9.09. The summed E-state index contributed by atoms with van der Waals surface area (Å²) in [6.07, 6.45) is 0. The molecular weight excluding hydrogens is 353 g/mol. The number of alkyl halides is 1. The Morgan fingerprint density at radius 3 is 2.82 bits per heavy atom. The fraction of sp³-hybridized carbons (Fsp3) is 0.286. The molecule has 116 valence electrons. The Hall–Kier alpha value is -1.77. The van der Waals surface area contributed by atoms with Crippen molar-refractivity contribution < 1.29 is 9.18 Å². The number of halogens is 2. The largest absolute Gasteiger partial charge is 0.309 e. The number of rotatable bonds is 3. The van der Waals surface area contributed by atoms with Gasteiger partial charge in [0.05, 0.1) is 16.2 Å². The second-order valence-corrected chi connectivity index (χ2v) is 6.24. The lowest BCUT2D eigenvalue weighted by molar-refractivity contribution is -0.117. The quantitative estimate of drug-likeness (QED) is 0.719. The molecule has 0 bridgehead atoms. The summed E-state index contributed by atoms with van der Waals surface area (Å²) >= 11 is 3.45. The Kier molecular flexibility index (Phi) is 4.23. The maximum absolute atomic E-state index is 13.0. The molecule has 1 aliphatic heterocycles. The van der Waals surface area contributed by atoms with Crippen molar-refractivity contribution in [2.75, 3.05) is 11.9 Å². The third-order valence-corrected chi connectivity index (χ3v) is 4.21. The average Bonchev–Trinajstić information content (AvgIpc) is 3.06. The number of aromatic nitrogens is 2. The number of nitrogens with one attached hydrogen (secondary N) is 3. The first-order valence-corrected chi connectivity index (χ1v) is 7.72. The summed E-state index contributed by atoms with van der Waals surface area (Å²) in [5, 5.41) is 7.19. The lowest BCUT2D eigenvalue weighted by atomic mass is 10.2. The Labute approximate surface area is 135 Å².